The maximum atomic E-state index is 3.79. The van der Waals surface area contributed by atoms with Crippen molar-refractivity contribution in [3.05, 3.63) is 25.3 Å². The number of hydrogen-bond donors (Lipinski definition) is 0. The van der Waals surface area contributed by atoms with Crippen LogP contribution in [0.5, 0.6) is 0 Å². The van der Waals surface area contributed by atoms with E-state index in [1.54, 1.807) is 0 Å². The number of halogens is 1. The minimum atomic E-state index is 0. The van der Waals surface area contributed by atoms with Crippen molar-refractivity contribution in [2.24, 2.45) is 0 Å². The summed E-state index contributed by atoms with van der Waals surface area (Å²) in [6.07, 6.45) is 8.08. The molecule has 0 aromatic heterocycles. The zero-order valence-electron chi connectivity index (χ0n) is 9.32. The van der Waals surface area contributed by atoms with Crippen molar-refractivity contribution in [2.45, 2.75) is 19.3 Å². The van der Waals surface area contributed by atoms with Crippen molar-refractivity contribution in [3.63, 3.8) is 0 Å². The molecule has 1 aliphatic rings. The van der Waals surface area contributed by atoms with E-state index in [9.17, 15) is 0 Å². The van der Waals surface area contributed by atoms with Gasteiger partial charge in [0, 0.05) is 35.1 Å². The first-order valence-electron chi connectivity index (χ1n) is 5.35. The van der Waals surface area contributed by atoms with Gasteiger partial charge in [0.15, 0.2) is 0 Å². The molecule has 0 spiro atoms. The second-order valence-corrected chi connectivity index (χ2v) is 5.09. The van der Waals surface area contributed by atoms with E-state index in [0.717, 1.165) is 22.0 Å². The van der Waals surface area contributed by atoms with Crippen molar-refractivity contribution >= 4 is 25.9 Å². The molecule has 0 aliphatic carbocycles. The normalized spacial score (nSPS) is 17.9. The third-order valence-corrected chi connectivity index (χ3v) is 3.72. The first kappa shape index (κ1) is 15.3. The second kappa shape index (κ2) is 9.53. The second-order valence-electron chi connectivity index (χ2n) is 3.63. The SMILES string of the molecule is Br.C=CCN(CC=C)PN1CCCCC1. The predicted molar refractivity (Wildman–Crippen MR) is 76.0 cm³/mol. The predicted octanol–water partition coefficient (Wildman–Crippen LogP) is 3.23. The first-order chi connectivity index (χ1) is 6.86. The third-order valence-electron chi connectivity index (χ3n) is 2.34. The van der Waals surface area contributed by atoms with Gasteiger partial charge in [0.1, 0.15) is 0 Å². The fourth-order valence-electron chi connectivity index (χ4n) is 1.66. The maximum absolute atomic E-state index is 3.79. The third kappa shape index (κ3) is 6.47. The molecule has 1 aliphatic heterocycles. The van der Waals surface area contributed by atoms with Crippen molar-refractivity contribution < 1.29 is 0 Å². The van der Waals surface area contributed by atoms with Gasteiger partial charge in [0.2, 0.25) is 0 Å². The Morgan fingerprint density at radius 3 is 2.07 bits per heavy atom. The maximum Gasteiger partial charge on any atom is 0.0246 e. The van der Waals surface area contributed by atoms with Crippen LogP contribution in [-0.2, 0) is 0 Å². The molecule has 0 N–H and O–H groups in total. The summed E-state index contributed by atoms with van der Waals surface area (Å²) in [5, 5.41) is 0. The van der Waals surface area contributed by atoms with Crippen LogP contribution >= 0.6 is 25.9 Å². The van der Waals surface area contributed by atoms with Gasteiger partial charge in [0.25, 0.3) is 0 Å². The van der Waals surface area contributed by atoms with Crippen LogP contribution < -0.4 is 0 Å². The van der Waals surface area contributed by atoms with E-state index >= 15 is 0 Å². The zero-order valence-corrected chi connectivity index (χ0v) is 12.0. The molecule has 4 heteroatoms. The molecule has 2 nitrogen and oxygen atoms in total. The molecule has 1 saturated heterocycles. The fraction of sp³-hybridized carbons (Fsp3) is 0.636. The zero-order chi connectivity index (χ0) is 10.2. The van der Waals surface area contributed by atoms with Gasteiger partial charge in [0.05, 0.1) is 0 Å². The van der Waals surface area contributed by atoms with Gasteiger partial charge in [-0.2, -0.15) is 0 Å². The van der Waals surface area contributed by atoms with E-state index in [2.05, 4.69) is 22.5 Å². The average Bonchev–Trinajstić information content (AvgIpc) is 2.20. The molecule has 1 fully saturated rings. The van der Waals surface area contributed by atoms with Crippen LogP contribution in [0.4, 0.5) is 0 Å². The summed E-state index contributed by atoms with van der Waals surface area (Å²) < 4.78 is 4.95. The standard InChI is InChI=1S/C11H21N2P.BrH/c1-3-8-12(9-4-2)14-13-10-6-5-7-11-13;/h3-4,14H,1-2,5-11H2;1H. The van der Waals surface area contributed by atoms with Gasteiger partial charge >= 0.3 is 0 Å². The van der Waals surface area contributed by atoms with Crippen LogP contribution in [0.15, 0.2) is 25.3 Å². The molecule has 88 valence electrons. The number of hydrogen-bond acceptors (Lipinski definition) is 2. The molecular formula is C11H22BrN2P. The Balaban J connectivity index is 0.00000196. The minimum Gasteiger partial charge on any atom is -0.272 e. The highest BCUT2D eigenvalue weighted by Gasteiger charge is 2.12. The van der Waals surface area contributed by atoms with E-state index in [-0.39, 0.29) is 17.0 Å². The molecular weight excluding hydrogens is 271 g/mol. The Hall–Kier alpha value is 0.310. The topological polar surface area (TPSA) is 6.48 Å². The van der Waals surface area contributed by atoms with Gasteiger partial charge < -0.3 is 0 Å². The molecule has 0 radical (unpaired) electrons. The van der Waals surface area contributed by atoms with Crippen LogP contribution in [0.1, 0.15) is 19.3 Å². The molecule has 0 aromatic carbocycles. The largest absolute Gasteiger partial charge is 0.272 e. The summed E-state index contributed by atoms with van der Waals surface area (Å²) in [5.41, 5.74) is 0. The lowest BCUT2D eigenvalue weighted by atomic mass is 10.2. The van der Waals surface area contributed by atoms with E-state index in [1.807, 2.05) is 12.2 Å². The van der Waals surface area contributed by atoms with Gasteiger partial charge in [-0.1, -0.05) is 18.6 Å². The Morgan fingerprint density at radius 2 is 1.60 bits per heavy atom. The lowest BCUT2D eigenvalue weighted by Crippen LogP contribution is -2.27. The summed E-state index contributed by atoms with van der Waals surface area (Å²) in [4.78, 5) is 0. The summed E-state index contributed by atoms with van der Waals surface area (Å²) in [6.45, 7) is 12.1. The van der Waals surface area contributed by atoms with Crippen molar-refractivity contribution in [2.75, 3.05) is 26.2 Å². The highest BCUT2D eigenvalue weighted by molar-refractivity contribution is 8.93. The molecule has 0 aromatic rings. The lowest BCUT2D eigenvalue weighted by Gasteiger charge is -2.31. The Kier molecular flexibility index (Phi) is 9.73. The fourth-order valence-corrected chi connectivity index (χ4v) is 3.00. The quantitative estimate of drug-likeness (QED) is 0.548. The van der Waals surface area contributed by atoms with Gasteiger partial charge in [-0.25, -0.2) is 0 Å². The van der Waals surface area contributed by atoms with Crippen molar-refractivity contribution in [1.29, 1.82) is 0 Å². The average molecular weight is 293 g/mol. The minimum absolute atomic E-state index is 0. The molecule has 1 unspecified atom stereocenters. The van der Waals surface area contributed by atoms with E-state index in [4.69, 9.17) is 0 Å². The molecule has 1 atom stereocenters. The van der Waals surface area contributed by atoms with Gasteiger partial charge in [-0.05, 0) is 12.8 Å². The molecule has 0 saturated carbocycles. The first-order valence-corrected chi connectivity index (χ1v) is 6.24. The Bertz CT molecular complexity index is 171. The lowest BCUT2D eigenvalue weighted by molar-refractivity contribution is 0.356. The summed E-state index contributed by atoms with van der Waals surface area (Å²) in [7, 11) is 0.810. The van der Waals surface area contributed by atoms with Crippen LogP contribution in [-0.4, -0.2) is 35.5 Å². The van der Waals surface area contributed by atoms with Crippen LogP contribution in [0.25, 0.3) is 0 Å². The monoisotopic (exact) mass is 292 g/mol. The van der Waals surface area contributed by atoms with Crippen LogP contribution in [0.3, 0.4) is 0 Å². The van der Waals surface area contributed by atoms with E-state index in [1.165, 1.54) is 32.4 Å². The Labute approximate surface area is 106 Å². The van der Waals surface area contributed by atoms with E-state index < -0.39 is 0 Å². The Morgan fingerprint density at radius 1 is 1.07 bits per heavy atom. The highest BCUT2D eigenvalue weighted by Crippen LogP contribution is 2.27. The van der Waals surface area contributed by atoms with Crippen molar-refractivity contribution in [1.82, 2.24) is 9.34 Å². The molecule has 1 heterocycles. The number of rotatable bonds is 6. The van der Waals surface area contributed by atoms with Gasteiger partial charge in [-0.15, -0.1) is 30.1 Å². The van der Waals surface area contributed by atoms with Crippen molar-refractivity contribution in [3.8, 4) is 0 Å². The molecule has 0 amide bonds. The van der Waals surface area contributed by atoms with E-state index in [0.29, 0.717) is 0 Å². The summed E-state index contributed by atoms with van der Waals surface area (Å²) in [5.74, 6) is 0. The molecule has 0 bridgehead atoms. The molecule has 1 rings (SSSR count). The number of nitrogens with zero attached hydrogens (tertiary/aromatic N) is 2. The summed E-state index contributed by atoms with van der Waals surface area (Å²) in [6, 6.07) is 0. The van der Waals surface area contributed by atoms with Gasteiger partial charge in [-0.3, -0.25) is 9.34 Å². The summed E-state index contributed by atoms with van der Waals surface area (Å²) >= 11 is 0. The molecule has 15 heavy (non-hydrogen) atoms. The number of piperidine rings is 1. The van der Waals surface area contributed by atoms with Crippen LogP contribution in [0, 0.1) is 0 Å². The smallest absolute Gasteiger partial charge is 0.0246 e. The van der Waals surface area contributed by atoms with Crippen LogP contribution in [0.2, 0.25) is 0 Å². The highest BCUT2D eigenvalue weighted by atomic mass is 79.9.